The van der Waals surface area contributed by atoms with Gasteiger partial charge in [0.05, 0.1) is 4.88 Å². The van der Waals surface area contributed by atoms with Crippen molar-refractivity contribution in [2.45, 2.75) is 45.4 Å². The number of aryl methyl sites for hydroxylation is 1. The second kappa shape index (κ2) is 3.69. The van der Waals surface area contributed by atoms with Crippen LogP contribution in [0.4, 0.5) is 0 Å². The molecule has 0 radical (unpaired) electrons. The zero-order valence-corrected chi connectivity index (χ0v) is 11.8. The smallest absolute Gasteiger partial charge is 0.179 e. The fraction of sp³-hybridized carbons (Fsp3) is 0.688. The summed E-state index contributed by atoms with van der Waals surface area (Å²) in [5.41, 5.74) is 1.24. The van der Waals surface area contributed by atoms with Crippen LogP contribution in [0, 0.1) is 30.1 Å². The van der Waals surface area contributed by atoms with E-state index in [4.69, 9.17) is 0 Å². The highest BCUT2D eigenvalue weighted by atomic mass is 32.1. The third-order valence-electron chi connectivity index (χ3n) is 5.59. The van der Waals surface area contributed by atoms with E-state index in [0.717, 1.165) is 22.6 Å². The molecule has 1 nitrogen and oxygen atoms in total. The van der Waals surface area contributed by atoms with Gasteiger partial charge in [-0.2, -0.15) is 0 Å². The first kappa shape index (κ1) is 11.2. The third kappa shape index (κ3) is 1.48. The average Bonchev–Trinajstić information content (AvgIpc) is 2.72. The molecule has 0 N–H and O–H groups in total. The molecular weight excluding hydrogens is 240 g/mol. The van der Waals surface area contributed by atoms with Crippen molar-refractivity contribution < 1.29 is 4.79 Å². The van der Waals surface area contributed by atoms with Gasteiger partial charge in [0.15, 0.2) is 5.78 Å². The van der Waals surface area contributed by atoms with Crippen molar-refractivity contribution in [2.75, 3.05) is 0 Å². The van der Waals surface area contributed by atoms with E-state index >= 15 is 0 Å². The van der Waals surface area contributed by atoms with Gasteiger partial charge >= 0.3 is 0 Å². The van der Waals surface area contributed by atoms with E-state index in [1.165, 1.54) is 44.1 Å². The van der Waals surface area contributed by atoms with Crippen molar-refractivity contribution in [3.63, 3.8) is 0 Å². The molecule has 0 spiro atoms. The number of hydrogen-bond donors (Lipinski definition) is 0. The van der Waals surface area contributed by atoms with Gasteiger partial charge in [0, 0.05) is 5.41 Å². The Kier molecular flexibility index (Phi) is 2.30. The van der Waals surface area contributed by atoms with Crippen LogP contribution in [-0.4, -0.2) is 5.78 Å². The lowest BCUT2D eigenvalue weighted by Crippen LogP contribution is -2.49. The summed E-state index contributed by atoms with van der Waals surface area (Å²) >= 11 is 1.66. The summed E-state index contributed by atoms with van der Waals surface area (Å²) in [5, 5.41) is 2.07. The fourth-order valence-electron chi connectivity index (χ4n) is 5.23. The van der Waals surface area contributed by atoms with E-state index in [1.54, 1.807) is 11.3 Å². The summed E-state index contributed by atoms with van der Waals surface area (Å²) in [6.45, 7) is 2.09. The molecule has 1 aromatic rings. The van der Waals surface area contributed by atoms with Crippen molar-refractivity contribution in [1.82, 2.24) is 0 Å². The zero-order chi connectivity index (χ0) is 12.3. The molecule has 4 bridgehead atoms. The van der Waals surface area contributed by atoms with Gasteiger partial charge in [-0.25, -0.2) is 0 Å². The Bertz CT molecular complexity index is 464. The van der Waals surface area contributed by atoms with Crippen LogP contribution >= 0.6 is 11.3 Å². The van der Waals surface area contributed by atoms with Crippen molar-refractivity contribution in [1.29, 1.82) is 0 Å². The van der Waals surface area contributed by atoms with Crippen molar-refractivity contribution in [2.24, 2.45) is 23.2 Å². The number of carbonyl (C=O) groups excluding carboxylic acids is 1. The quantitative estimate of drug-likeness (QED) is 0.718. The second-order valence-corrected chi connectivity index (χ2v) is 7.88. The Morgan fingerprint density at radius 1 is 1.17 bits per heavy atom. The van der Waals surface area contributed by atoms with Gasteiger partial charge in [0.2, 0.25) is 0 Å². The normalized spacial score (nSPS) is 41.3. The number of hydrogen-bond acceptors (Lipinski definition) is 2. The van der Waals surface area contributed by atoms with Crippen LogP contribution in [0.1, 0.15) is 53.8 Å². The second-order valence-electron chi connectivity index (χ2n) is 6.96. The molecule has 0 saturated heterocycles. The number of Topliss-reactive ketones (excluding diaryl/α,β-unsaturated/α-hetero) is 1. The molecule has 4 saturated carbocycles. The van der Waals surface area contributed by atoms with Gasteiger partial charge in [-0.1, -0.05) is 0 Å². The van der Waals surface area contributed by atoms with Crippen LogP contribution in [-0.2, 0) is 0 Å². The summed E-state index contributed by atoms with van der Waals surface area (Å²) in [6, 6.07) is 2.10. The van der Waals surface area contributed by atoms with Gasteiger partial charge in [0.25, 0.3) is 0 Å². The predicted molar refractivity (Wildman–Crippen MR) is 74.0 cm³/mol. The van der Waals surface area contributed by atoms with E-state index < -0.39 is 0 Å². The average molecular weight is 260 g/mol. The summed E-state index contributed by atoms with van der Waals surface area (Å²) in [4.78, 5) is 14.0. The maximum atomic E-state index is 13.0. The monoisotopic (exact) mass is 260 g/mol. The molecule has 0 aromatic carbocycles. The van der Waals surface area contributed by atoms with E-state index in [9.17, 15) is 4.79 Å². The lowest BCUT2D eigenvalue weighted by Gasteiger charge is -2.55. The summed E-state index contributed by atoms with van der Waals surface area (Å²) in [5.74, 6) is 3.08. The van der Waals surface area contributed by atoms with Crippen molar-refractivity contribution in [3.05, 3.63) is 21.9 Å². The molecule has 4 aliphatic rings. The Hall–Kier alpha value is -0.630. The summed E-state index contributed by atoms with van der Waals surface area (Å²) in [7, 11) is 0. The van der Waals surface area contributed by atoms with Crippen LogP contribution in [0.25, 0.3) is 0 Å². The molecule has 0 amide bonds. The van der Waals surface area contributed by atoms with E-state index in [-0.39, 0.29) is 5.41 Å². The lowest BCUT2D eigenvalue weighted by molar-refractivity contribution is -0.0351. The molecule has 0 aliphatic heterocycles. The van der Waals surface area contributed by atoms with Gasteiger partial charge in [-0.3, -0.25) is 4.79 Å². The Morgan fingerprint density at radius 2 is 1.72 bits per heavy atom. The molecule has 2 heteroatoms. The molecule has 0 atom stereocenters. The van der Waals surface area contributed by atoms with Crippen LogP contribution in [0.3, 0.4) is 0 Å². The first-order chi connectivity index (χ1) is 8.66. The third-order valence-corrected chi connectivity index (χ3v) is 6.60. The summed E-state index contributed by atoms with van der Waals surface area (Å²) in [6.07, 6.45) is 7.81. The highest BCUT2D eigenvalue weighted by Crippen LogP contribution is 2.61. The van der Waals surface area contributed by atoms with Crippen LogP contribution in [0.2, 0.25) is 0 Å². The largest absolute Gasteiger partial charge is 0.293 e. The fourth-order valence-corrected chi connectivity index (χ4v) is 6.22. The number of thiophene rings is 1. The van der Waals surface area contributed by atoms with Gasteiger partial charge in [-0.05, 0) is 80.2 Å². The highest BCUT2D eigenvalue weighted by Gasteiger charge is 2.54. The van der Waals surface area contributed by atoms with Crippen LogP contribution < -0.4 is 0 Å². The molecule has 5 rings (SSSR count). The topological polar surface area (TPSA) is 17.1 Å². The van der Waals surface area contributed by atoms with E-state index in [0.29, 0.717) is 5.78 Å². The van der Waals surface area contributed by atoms with E-state index in [1.807, 2.05) is 0 Å². The minimum atomic E-state index is 0.0460. The predicted octanol–water partition coefficient (Wildman–Crippen LogP) is 4.46. The van der Waals surface area contributed by atoms with E-state index in [2.05, 4.69) is 18.4 Å². The van der Waals surface area contributed by atoms with Gasteiger partial charge < -0.3 is 0 Å². The maximum absolute atomic E-state index is 13.0. The number of carbonyl (C=O) groups is 1. The minimum Gasteiger partial charge on any atom is -0.293 e. The van der Waals surface area contributed by atoms with Gasteiger partial charge in [0.1, 0.15) is 0 Å². The maximum Gasteiger partial charge on any atom is 0.179 e. The van der Waals surface area contributed by atoms with Crippen LogP contribution in [0.15, 0.2) is 11.4 Å². The molecule has 0 unspecified atom stereocenters. The highest BCUT2D eigenvalue weighted by molar-refractivity contribution is 7.12. The minimum absolute atomic E-state index is 0.0460. The molecule has 96 valence electrons. The molecule has 1 aromatic heterocycles. The molecular formula is C16H20OS. The van der Waals surface area contributed by atoms with Crippen LogP contribution in [0.5, 0.6) is 0 Å². The molecule has 18 heavy (non-hydrogen) atoms. The molecule has 4 fully saturated rings. The first-order valence-electron chi connectivity index (χ1n) is 7.25. The summed E-state index contributed by atoms with van der Waals surface area (Å²) < 4.78 is 0. The SMILES string of the molecule is Cc1ccsc1C(=O)C12CC3CC(CC(C3)C1)C2. The van der Waals surface area contributed by atoms with Crippen molar-refractivity contribution in [3.8, 4) is 0 Å². The standard InChI is InChI=1S/C16H20OS/c1-10-2-3-18-14(10)15(17)16-7-11-4-12(8-16)6-13(5-11)9-16/h2-3,11-13H,4-9H2,1H3. The number of rotatable bonds is 2. The van der Waals surface area contributed by atoms with Crippen molar-refractivity contribution >= 4 is 17.1 Å². The molecule has 4 aliphatic carbocycles. The van der Waals surface area contributed by atoms with Gasteiger partial charge in [-0.15, -0.1) is 11.3 Å². The Labute approximate surface area is 113 Å². The Balaban J connectivity index is 1.72. The lowest BCUT2D eigenvalue weighted by atomic mass is 9.48. The Morgan fingerprint density at radius 3 is 2.17 bits per heavy atom. The zero-order valence-electron chi connectivity index (χ0n) is 10.9. The number of ketones is 1. The first-order valence-corrected chi connectivity index (χ1v) is 8.13. The molecule has 1 heterocycles.